The largest absolute Gasteiger partial charge is 0.400 e. The van der Waals surface area contributed by atoms with Crippen molar-refractivity contribution < 1.29 is 38.9 Å². The maximum absolute atomic E-state index is 10.9. The molecular weight excluding hydrogens is 514 g/mol. The van der Waals surface area contributed by atoms with Gasteiger partial charge >= 0.3 is 5.97 Å². The molecule has 2 N–H and O–H groups in total. The average Bonchev–Trinajstić information content (AvgIpc) is 3.54. The molecule has 2 aliphatic heterocycles. The predicted octanol–water partition coefficient (Wildman–Crippen LogP) is 4.80. The van der Waals surface area contributed by atoms with E-state index in [1.165, 1.54) is 26.8 Å². The molecule has 232 valence electrons. The lowest BCUT2D eigenvalue weighted by molar-refractivity contribution is -0.190. The number of hydrogen-bond acceptors (Lipinski definition) is 8. The van der Waals surface area contributed by atoms with E-state index in [2.05, 4.69) is 50.8 Å². The lowest BCUT2D eigenvalue weighted by atomic mass is 9.57. The van der Waals surface area contributed by atoms with Crippen molar-refractivity contribution in [2.45, 2.75) is 111 Å². The first-order chi connectivity index (χ1) is 18.7. The first-order valence-corrected chi connectivity index (χ1v) is 14.3. The van der Waals surface area contributed by atoms with Crippen LogP contribution in [0.3, 0.4) is 0 Å². The van der Waals surface area contributed by atoms with Gasteiger partial charge in [0.15, 0.2) is 0 Å². The van der Waals surface area contributed by atoms with E-state index in [0.717, 1.165) is 50.6 Å². The molecule has 9 heteroatoms. The number of aliphatic hydroxyl groups excluding tert-OH is 1. The van der Waals surface area contributed by atoms with Gasteiger partial charge in [0.05, 0.1) is 17.3 Å². The van der Waals surface area contributed by atoms with Crippen LogP contribution in [-0.2, 0) is 28.7 Å². The Labute approximate surface area is 241 Å². The van der Waals surface area contributed by atoms with Gasteiger partial charge in [-0.2, -0.15) is 5.06 Å². The number of hydroxylamine groups is 2. The summed E-state index contributed by atoms with van der Waals surface area (Å²) in [7, 11) is 2.33. The molecule has 9 nitrogen and oxygen atoms in total. The highest BCUT2D eigenvalue weighted by Crippen LogP contribution is 2.61. The average molecular weight is 570 g/mol. The number of allylic oxidation sites excluding steroid dienone is 4. The van der Waals surface area contributed by atoms with E-state index < -0.39 is 17.5 Å². The molecule has 40 heavy (non-hydrogen) atoms. The van der Waals surface area contributed by atoms with E-state index in [1.807, 2.05) is 19.9 Å². The maximum atomic E-state index is 10.9. The van der Waals surface area contributed by atoms with Crippen LogP contribution in [0.4, 0.5) is 0 Å². The second-order valence-electron chi connectivity index (χ2n) is 11.9. The molecule has 0 bridgehead atoms. The lowest BCUT2D eigenvalue weighted by Gasteiger charge is -2.49. The number of nitrogens with zero attached hydrogens (tertiary/aromatic N) is 1. The molecular formula is C31H55NO8. The first-order valence-electron chi connectivity index (χ1n) is 14.3. The number of epoxide rings is 1. The molecule has 3 fully saturated rings. The van der Waals surface area contributed by atoms with Crippen molar-refractivity contribution in [3.05, 3.63) is 24.3 Å². The second-order valence-corrected chi connectivity index (χ2v) is 11.9. The summed E-state index contributed by atoms with van der Waals surface area (Å²) >= 11 is 0. The molecule has 3 rings (SSSR count). The van der Waals surface area contributed by atoms with E-state index in [1.54, 1.807) is 0 Å². The molecule has 3 unspecified atom stereocenters. The number of aliphatic hydroxyl groups is 2. The molecule has 0 aromatic carbocycles. The fourth-order valence-corrected chi connectivity index (χ4v) is 5.70. The molecule has 0 aromatic rings. The molecule has 2 saturated heterocycles. The number of ether oxygens (including phenoxy) is 2. The van der Waals surface area contributed by atoms with E-state index in [0.29, 0.717) is 18.3 Å². The van der Waals surface area contributed by atoms with Gasteiger partial charge in [-0.1, -0.05) is 45.1 Å². The molecule has 1 saturated carbocycles. The van der Waals surface area contributed by atoms with Gasteiger partial charge in [0.25, 0.3) is 5.91 Å². The van der Waals surface area contributed by atoms with E-state index in [4.69, 9.17) is 14.6 Å². The summed E-state index contributed by atoms with van der Waals surface area (Å²) in [5.41, 5.74) is -0.297. The maximum Gasteiger partial charge on any atom is 0.329 e. The zero-order valence-electron chi connectivity index (χ0n) is 26.3. The quantitative estimate of drug-likeness (QED) is 0.185. The Morgan fingerprint density at radius 2 is 1.80 bits per heavy atom. The van der Waals surface area contributed by atoms with Gasteiger partial charge in [-0.15, -0.1) is 0 Å². The van der Waals surface area contributed by atoms with Crippen molar-refractivity contribution in [2.75, 3.05) is 27.4 Å². The summed E-state index contributed by atoms with van der Waals surface area (Å²) in [6.07, 6.45) is 15.0. The Kier molecular flexibility index (Phi) is 17.4. The SMILES string of the molecule is C/C=C\C=C\C(C)C[C@@]1(C)OC1C1(C)CC(C)(O)C1.CC(=O)ON(C)C(=O)CCC=O.CC1CCCOC1.CO. The summed E-state index contributed by atoms with van der Waals surface area (Å²) in [6.45, 7) is 16.1. The van der Waals surface area contributed by atoms with Gasteiger partial charge in [0, 0.05) is 52.6 Å². The molecule has 0 aromatic heterocycles. The molecule has 4 atom stereocenters. The standard InChI is InChI=1S/C17H28O2.C7H11NO4.C6H12O.CH4O/c1-6-7-8-9-13(2)10-17(5)14(19-17)15(3)11-16(4,18)12-15;1-6(10)12-8(2)7(11)4-3-5-9;1-6-3-2-4-7-5-6;1-2/h6-9,13-14,18H,10-12H2,1-5H3;5H,3-4H2,1-2H3;6H,2-5H2,1H3;2H,1H3/b7-6-,9-8+;;;/t13?,14?,15?,16?,17-;;;/m1.../s1. The van der Waals surface area contributed by atoms with Crippen LogP contribution in [0.15, 0.2) is 24.3 Å². The van der Waals surface area contributed by atoms with Crippen LogP contribution in [0.2, 0.25) is 0 Å². The topological polar surface area (TPSA) is 126 Å². The molecule has 1 aliphatic carbocycles. The van der Waals surface area contributed by atoms with Gasteiger partial charge < -0.3 is 29.3 Å². The summed E-state index contributed by atoms with van der Waals surface area (Å²) in [5, 5.41) is 17.8. The van der Waals surface area contributed by atoms with E-state index in [9.17, 15) is 19.5 Å². The fraction of sp³-hybridized carbons (Fsp3) is 0.774. The minimum atomic E-state index is -0.558. The van der Waals surface area contributed by atoms with Crippen molar-refractivity contribution in [3.8, 4) is 0 Å². The monoisotopic (exact) mass is 569 g/mol. The van der Waals surface area contributed by atoms with Crippen molar-refractivity contribution in [1.82, 2.24) is 5.06 Å². The number of amides is 1. The Morgan fingerprint density at radius 1 is 1.18 bits per heavy atom. The third kappa shape index (κ3) is 14.5. The fourth-order valence-electron chi connectivity index (χ4n) is 5.70. The molecule has 0 spiro atoms. The summed E-state index contributed by atoms with van der Waals surface area (Å²) in [5.74, 6) is 0.387. The van der Waals surface area contributed by atoms with Crippen LogP contribution in [0.5, 0.6) is 0 Å². The number of carbonyl (C=O) groups is 3. The Balaban J connectivity index is 0.000000618. The highest BCUT2D eigenvalue weighted by Gasteiger charge is 2.66. The van der Waals surface area contributed by atoms with Crippen LogP contribution >= 0.6 is 0 Å². The Morgan fingerprint density at radius 3 is 2.23 bits per heavy atom. The van der Waals surface area contributed by atoms with E-state index >= 15 is 0 Å². The minimum Gasteiger partial charge on any atom is -0.400 e. The molecule has 2 heterocycles. The zero-order valence-corrected chi connectivity index (χ0v) is 26.3. The van der Waals surface area contributed by atoms with Crippen LogP contribution < -0.4 is 0 Å². The van der Waals surface area contributed by atoms with E-state index in [-0.39, 0.29) is 23.9 Å². The van der Waals surface area contributed by atoms with Crippen molar-refractivity contribution in [1.29, 1.82) is 0 Å². The molecule has 1 amide bonds. The number of hydrogen-bond donors (Lipinski definition) is 2. The number of rotatable bonds is 8. The van der Waals surface area contributed by atoms with Crippen LogP contribution in [0.25, 0.3) is 0 Å². The van der Waals surface area contributed by atoms with Crippen LogP contribution in [0.1, 0.15) is 93.4 Å². The summed E-state index contributed by atoms with van der Waals surface area (Å²) in [6, 6.07) is 0. The highest BCUT2D eigenvalue weighted by molar-refractivity contribution is 5.78. The summed E-state index contributed by atoms with van der Waals surface area (Å²) in [4.78, 5) is 35.6. The van der Waals surface area contributed by atoms with Crippen LogP contribution in [0, 0.1) is 17.3 Å². The van der Waals surface area contributed by atoms with Gasteiger partial charge in [-0.3, -0.25) is 9.59 Å². The summed E-state index contributed by atoms with van der Waals surface area (Å²) < 4.78 is 11.2. The van der Waals surface area contributed by atoms with Crippen LogP contribution in [-0.4, -0.2) is 78.1 Å². The zero-order chi connectivity index (χ0) is 31.0. The Bertz CT molecular complexity index is 810. The first kappa shape index (κ1) is 37.9. The minimum absolute atomic E-state index is 0.00490. The highest BCUT2D eigenvalue weighted by atomic mass is 16.7. The Hall–Kier alpha value is -2.07. The van der Waals surface area contributed by atoms with Crippen molar-refractivity contribution in [3.63, 3.8) is 0 Å². The normalized spacial score (nSPS) is 31.2. The van der Waals surface area contributed by atoms with Crippen molar-refractivity contribution >= 4 is 18.2 Å². The van der Waals surface area contributed by atoms with Gasteiger partial charge in [0.2, 0.25) is 0 Å². The lowest BCUT2D eigenvalue weighted by Crippen LogP contribution is -2.52. The predicted molar refractivity (Wildman–Crippen MR) is 156 cm³/mol. The molecule has 3 aliphatic rings. The van der Waals surface area contributed by atoms with Gasteiger partial charge in [-0.05, 0) is 64.7 Å². The third-order valence-corrected chi connectivity index (χ3v) is 7.04. The number of aldehydes is 1. The third-order valence-electron chi connectivity index (χ3n) is 7.04. The smallest absolute Gasteiger partial charge is 0.329 e. The van der Waals surface area contributed by atoms with Gasteiger partial charge in [0.1, 0.15) is 6.29 Å². The van der Waals surface area contributed by atoms with Gasteiger partial charge in [-0.25, -0.2) is 0 Å². The second kappa shape index (κ2) is 18.4. The van der Waals surface area contributed by atoms with Crippen molar-refractivity contribution in [2.24, 2.45) is 17.3 Å². The molecule has 0 radical (unpaired) electrons. The number of carbonyl (C=O) groups excluding carboxylic acids is 3.